The van der Waals surface area contributed by atoms with E-state index in [1.54, 1.807) is 6.07 Å². The molecule has 2 N–H and O–H groups in total. The summed E-state index contributed by atoms with van der Waals surface area (Å²) in [6, 6.07) is 10.4. The van der Waals surface area contributed by atoms with E-state index in [9.17, 15) is 18.0 Å². The van der Waals surface area contributed by atoms with Crippen LogP contribution in [0.2, 0.25) is 0 Å². The predicted octanol–water partition coefficient (Wildman–Crippen LogP) is 3.94. The molecule has 1 amide bonds. The monoisotopic (exact) mass is 375 g/mol. The van der Waals surface area contributed by atoms with E-state index in [1.807, 2.05) is 17.5 Å². The molecular weight excluding hydrogens is 363 g/mol. The van der Waals surface area contributed by atoms with E-state index in [0.29, 0.717) is 0 Å². The predicted molar refractivity (Wildman–Crippen MR) is 92.6 cm³/mol. The maximum absolute atomic E-state index is 12.9. The average Bonchev–Trinajstić information content (AvgIpc) is 3.28. The number of aromatic amines is 1. The standard InChI is InChI=1S/C18H12F3N3OS/c19-18(20,21)13-7-2-1-5-12(13)6-3-9-22-17(25)15-11-14(23-24-15)16-8-4-10-26-16/h1-2,4-5,7-8,10-11H,9H2,(H,22,25)(H,23,24). The number of amides is 1. The number of benzene rings is 1. The van der Waals surface area contributed by atoms with Crippen molar-refractivity contribution in [2.24, 2.45) is 0 Å². The minimum atomic E-state index is -4.47. The molecule has 0 aliphatic carbocycles. The second-order valence-electron chi connectivity index (χ2n) is 5.17. The van der Waals surface area contributed by atoms with Crippen molar-refractivity contribution >= 4 is 17.2 Å². The van der Waals surface area contributed by atoms with Crippen molar-refractivity contribution in [3.8, 4) is 22.4 Å². The minimum absolute atomic E-state index is 0.0911. The molecule has 0 atom stereocenters. The highest BCUT2D eigenvalue weighted by atomic mass is 32.1. The zero-order valence-electron chi connectivity index (χ0n) is 13.2. The number of carbonyl (C=O) groups is 1. The summed E-state index contributed by atoms with van der Waals surface area (Å²) in [5, 5.41) is 11.1. The Bertz CT molecular complexity index is 965. The van der Waals surface area contributed by atoms with Gasteiger partial charge in [0, 0.05) is 5.56 Å². The summed E-state index contributed by atoms with van der Waals surface area (Å²) in [5.41, 5.74) is -0.0260. The van der Waals surface area contributed by atoms with Gasteiger partial charge in [-0.05, 0) is 29.6 Å². The number of thiophene rings is 1. The molecule has 1 aromatic carbocycles. The van der Waals surface area contributed by atoms with Gasteiger partial charge in [-0.2, -0.15) is 18.3 Å². The Hall–Kier alpha value is -3.05. The van der Waals surface area contributed by atoms with Crippen molar-refractivity contribution in [1.82, 2.24) is 15.5 Å². The molecule has 0 aliphatic heterocycles. The van der Waals surface area contributed by atoms with Crippen LogP contribution in [-0.2, 0) is 6.18 Å². The van der Waals surface area contributed by atoms with Crippen molar-refractivity contribution in [2.75, 3.05) is 6.54 Å². The molecule has 0 spiro atoms. The maximum Gasteiger partial charge on any atom is 0.417 e. The smallest absolute Gasteiger partial charge is 0.340 e. The second-order valence-corrected chi connectivity index (χ2v) is 6.12. The molecule has 4 nitrogen and oxygen atoms in total. The zero-order chi connectivity index (χ0) is 18.6. The Morgan fingerprint density at radius 2 is 2.04 bits per heavy atom. The first-order chi connectivity index (χ1) is 12.4. The quantitative estimate of drug-likeness (QED) is 0.682. The highest BCUT2D eigenvalue weighted by molar-refractivity contribution is 7.13. The van der Waals surface area contributed by atoms with E-state index in [0.717, 1.165) is 16.6 Å². The molecule has 0 aliphatic rings. The van der Waals surface area contributed by atoms with Crippen LogP contribution in [0.5, 0.6) is 0 Å². The topological polar surface area (TPSA) is 57.8 Å². The van der Waals surface area contributed by atoms with Gasteiger partial charge in [0.15, 0.2) is 5.69 Å². The van der Waals surface area contributed by atoms with Gasteiger partial charge in [-0.1, -0.05) is 30.0 Å². The van der Waals surface area contributed by atoms with Gasteiger partial charge in [0.05, 0.1) is 22.7 Å². The summed E-state index contributed by atoms with van der Waals surface area (Å²) in [7, 11) is 0. The van der Waals surface area contributed by atoms with Gasteiger partial charge in [0.2, 0.25) is 0 Å². The van der Waals surface area contributed by atoms with Crippen LogP contribution in [0.4, 0.5) is 13.2 Å². The summed E-state index contributed by atoms with van der Waals surface area (Å²) in [6.45, 7) is -0.0911. The van der Waals surface area contributed by atoms with Crippen LogP contribution in [0.15, 0.2) is 47.8 Å². The van der Waals surface area contributed by atoms with Crippen molar-refractivity contribution in [1.29, 1.82) is 0 Å². The molecule has 0 bridgehead atoms. The number of aromatic nitrogens is 2. The third-order valence-corrected chi connectivity index (χ3v) is 4.29. The molecular formula is C18H12F3N3OS. The highest BCUT2D eigenvalue weighted by Gasteiger charge is 2.32. The van der Waals surface area contributed by atoms with Crippen LogP contribution in [-0.4, -0.2) is 22.6 Å². The Balaban J connectivity index is 1.63. The molecule has 8 heteroatoms. The van der Waals surface area contributed by atoms with Crippen molar-refractivity contribution in [2.45, 2.75) is 6.18 Å². The lowest BCUT2D eigenvalue weighted by Gasteiger charge is -2.08. The molecule has 3 aromatic rings. The first-order valence-electron chi connectivity index (χ1n) is 7.48. The maximum atomic E-state index is 12.9. The minimum Gasteiger partial charge on any atom is -0.340 e. The number of H-pyrrole nitrogens is 1. The normalized spacial score (nSPS) is 10.9. The van der Waals surface area contributed by atoms with Crippen LogP contribution in [0.1, 0.15) is 21.6 Å². The Morgan fingerprint density at radius 1 is 1.23 bits per heavy atom. The fraction of sp³-hybridized carbons (Fsp3) is 0.111. The van der Waals surface area contributed by atoms with Crippen molar-refractivity contribution < 1.29 is 18.0 Å². The number of rotatable bonds is 3. The van der Waals surface area contributed by atoms with Crippen molar-refractivity contribution in [3.05, 3.63) is 64.7 Å². The lowest BCUT2D eigenvalue weighted by molar-refractivity contribution is -0.137. The first kappa shape index (κ1) is 17.8. The lowest BCUT2D eigenvalue weighted by atomic mass is 10.1. The van der Waals surface area contributed by atoms with Crippen LogP contribution in [0.25, 0.3) is 10.6 Å². The number of nitrogens with zero attached hydrogens (tertiary/aromatic N) is 1. The zero-order valence-corrected chi connectivity index (χ0v) is 14.0. The van der Waals surface area contributed by atoms with E-state index in [2.05, 4.69) is 27.4 Å². The summed E-state index contributed by atoms with van der Waals surface area (Å²) in [4.78, 5) is 13.0. The van der Waals surface area contributed by atoms with E-state index < -0.39 is 17.6 Å². The van der Waals surface area contributed by atoms with Crippen LogP contribution in [0.3, 0.4) is 0 Å². The van der Waals surface area contributed by atoms with Gasteiger partial charge in [-0.15, -0.1) is 11.3 Å². The van der Waals surface area contributed by atoms with Crippen LogP contribution < -0.4 is 5.32 Å². The Morgan fingerprint density at radius 3 is 2.77 bits per heavy atom. The number of nitrogens with one attached hydrogen (secondary N) is 2. The Labute approximate surface area is 151 Å². The molecule has 0 fully saturated rings. The SMILES string of the molecule is O=C(NCC#Cc1ccccc1C(F)(F)F)c1cc(-c2cccs2)[nH]n1. The van der Waals surface area contributed by atoms with Gasteiger partial charge in [0.25, 0.3) is 5.91 Å². The van der Waals surface area contributed by atoms with Gasteiger partial charge in [-0.3, -0.25) is 9.89 Å². The molecule has 0 unspecified atom stereocenters. The summed E-state index contributed by atoms with van der Waals surface area (Å²) < 4.78 is 38.6. The molecule has 132 valence electrons. The fourth-order valence-electron chi connectivity index (χ4n) is 2.19. The van der Waals surface area contributed by atoms with Crippen LogP contribution in [0, 0.1) is 11.8 Å². The third kappa shape index (κ3) is 4.13. The number of halogens is 3. The molecule has 0 radical (unpaired) electrons. The lowest BCUT2D eigenvalue weighted by Crippen LogP contribution is -2.23. The van der Waals surface area contributed by atoms with Crippen molar-refractivity contribution in [3.63, 3.8) is 0 Å². The van der Waals surface area contributed by atoms with Crippen LogP contribution >= 0.6 is 11.3 Å². The van der Waals surface area contributed by atoms with E-state index in [1.165, 1.54) is 29.5 Å². The molecule has 0 saturated carbocycles. The number of hydrogen-bond acceptors (Lipinski definition) is 3. The van der Waals surface area contributed by atoms with E-state index in [-0.39, 0.29) is 17.8 Å². The third-order valence-electron chi connectivity index (χ3n) is 3.39. The molecule has 2 heterocycles. The van der Waals surface area contributed by atoms with Gasteiger partial charge in [0.1, 0.15) is 0 Å². The van der Waals surface area contributed by atoms with E-state index in [4.69, 9.17) is 0 Å². The summed E-state index contributed by atoms with van der Waals surface area (Å²) >= 11 is 1.51. The van der Waals surface area contributed by atoms with E-state index >= 15 is 0 Å². The fourth-order valence-corrected chi connectivity index (χ4v) is 2.88. The van der Waals surface area contributed by atoms with Gasteiger partial charge >= 0.3 is 6.18 Å². The number of alkyl halides is 3. The average molecular weight is 375 g/mol. The summed E-state index contributed by atoms with van der Waals surface area (Å²) in [6.07, 6.45) is -4.47. The molecule has 26 heavy (non-hydrogen) atoms. The Kier molecular flexibility index (Phi) is 5.09. The first-order valence-corrected chi connectivity index (χ1v) is 8.35. The largest absolute Gasteiger partial charge is 0.417 e. The molecule has 3 rings (SSSR count). The number of carbonyl (C=O) groups excluding carboxylic acids is 1. The highest BCUT2D eigenvalue weighted by Crippen LogP contribution is 2.31. The molecule has 0 saturated heterocycles. The second kappa shape index (κ2) is 7.45. The summed E-state index contributed by atoms with van der Waals surface area (Å²) in [5.74, 6) is 4.52. The molecule has 2 aromatic heterocycles. The van der Waals surface area contributed by atoms with Gasteiger partial charge in [-0.25, -0.2) is 0 Å². The number of hydrogen-bond donors (Lipinski definition) is 2. The van der Waals surface area contributed by atoms with Gasteiger partial charge < -0.3 is 5.32 Å².